The van der Waals surface area contributed by atoms with Gasteiger partial charge in [-0.05, 0) is 48.6 Å². The molecule has 2 aromatic rings. The van der Waals surface area contributed by atoms with Crippen molar-refractivity contribution in [2.24, 2.45) is 5.73 Å². The average molecular weight is 256 g/mol. The van der Waals surface area contributed by atoms with E-state index in [-0.39, 0.29) is 5.91 Å². The van der Waals surface area contributed by atoms with Crippen LogP contribution in [0.15, 0.2) is 34.9 Å². The summed E-state index contributed by atoms with van der Waals surface area (Å²) in [5.41, 5.74) is 9.52. The van der Waals surface area contributed by atoms with Crippen LogP contribution in [0.25, 0.3) is 0 Å². The maximum atomic E-state index is 12.0. The molecule has 1 aromatic carbocycles. The summed E-state index contributed by atoms with van der Waals surface area (Å²) in [4.78, 5) is 12.0. The van der Waals surface area contributed by atoms with Gasteiger partial charge in [0.05, 0.1) is 12.1 Å². The second kappa shape index (κ2) is 4.90. The first-order valence-corrected chi connectivity index (χ1v) is 6.47. The lowest BCUT2D eigenvalue weighted by Gasteiger charge is -2.06. The number of aryl methyl sites for hydroxylation is 2. The Hall–Kier alpha value is -2.07. The first kappa shape index (κ1) is 12.0. The van der Waals surface area contributed by atoms with Crippen LogP contribution in [0.2, 0.25) is 0 Å². The molecule has 0 fully saturated rings. The fraction of sp³-hybridized carbons (Fsp3) is 0.267. The third-order valence-electron chi connectivity index (χ3n) is 3.47. The summed E-state index contributed by atoms with van der Waals surface area (Å²) in [6.45, 7) is 0.298. The van der Waals surface area contributed by atoms with Gasteiger partial charge in [-0.25, -0.2) is 0 Å². The number of carbonyl (C=O) groups excluding carboxylic acids is 1. The van der Waals surface area contributed by atoms with Crippen LogP contribution in [0, 0.1) is 0 Å². The number of nitrogens with two attached hydrogens (primary N) is 1. The lowest BCUT2D eigenvalue weighted by atomic mass is 10.1. The lowest BCUT2D eigenvalue weighted by Crippen LogP contribution is -2.11. The van der Waals surface area contributed by atoms with Crippen molar-refractivity contribution in [1.29, 1.82) is 0 Å². The standard InChI is InChI=1S/C15H16N2O2/c16-8-14-7-12(9-19-14)15(18)17-13-5-4-10-2-1-3-11(10)6-13/h4-7,9H,1-3,8,16H2,(H,17,18). The minimum atomic E-state index is -0.165. The van der Waals surface area contributed by atoms with E-state index in [2.05, 4.69) is 17.4 Å². The van der Waals surface area contributed by atoms with E-state index < -0.39 is 0 Å². The van der Waals surface area contributed by atoms with Gasteiger partial charge in [0.2, 0.25) is 0 Å². The van der Waals surface area contributed by atoms with Crippen LogP contribution < -0.4 is 11.1 Å². The van der Waals surface area contributed by atoms with E-state index in [4.69, 9.17) is 10.2 Å². The van der Waals surface area contributed by atoms with Crippen molar-refractivity contribution in [2.75, 3.05) is 5.32 Å². The Morgan fingerprint density at radius 3 is 2.89 bits per heavy atom. The van der Waals surface area contributed by atoms with Crippen molar-refractivity contribution in [2.45, 2.75) is 25.8 Å². The zero-order chi connectivity index (χ0) is 13.2. The van der Waals surface area contributed by atoms with Crippen molar-refractivity contribution >= 4 is 11.6 Å². The summed E-state index contributed by atoms with van der Waals surface area (Å²) in [7, 11) is 0. The Kier molecular flexibility index (Phi) is 3.09. The van der Waals surface area contributed by atoms with E-state index in [0.29, 0.717) is 17.9 Å². The van der Waals surface area contributed by atoms with Gasteiger partial charge in [-0.2, -0.15) is 0 Å². The van der Waals surface area contributed by atoms with Gasteiger partial charge in [0, 0.05) is 5.69 Å². The molecule has 0 aliphatic heterocycles. The largest absolute Gasteiger partial charge is 0.467 e. The molecule has 1 amide bonds. The Balaban J connectivity index is 1.75. The van der Waals surface area contributed by atoms with E-state index in [1.165, 1.54) is 23.8 Å². The first-order chi connectivity index (χ1) is 9.26. The molecule has 0 saturated heterocycles. The maximum absolute atomic E-state index is 12.0. The fourth-order valence-electron chi connectivity index (χ4n) is 2.46. The molecule has 1 aliphatic carbocycles. The van der Waals surface area contributed by atoms with Crippen LogP contribution in [0.5, 0.6) is 0 Å². The van der Waals surface area contributed by atoms with Crippen molar-refractivity contribution in [3.8, 4) is 0 Å². The van der Waals surface area contributed by atoms with Crippen molar-refractivity contribution in [1.82, 2.24) is 0 Å². The number of fused-ring (bicyclic) bond motifs is 1. The van der Waals surface area contributed by atoms with E-state index >= 15 is 0 Å². The van der Waals surface area contributed by atoms with Crippen LogP contribution in [-0.2, 0) is 19.4 Å². The zero-order valence-corrected chi connectivity index (χ0v) is 10.6. The highest BCUT2D eigenvalue weighted by Gasteiger charge is 2.13. The molecule has 98 valence electrons. The number of hydrogen-bond acceptors (Lipinski definition) is 3. The maximum Gasteiger partial charge on any atom is 0.258 e. The Bertz CT molecular complexity index is 616. The highest BCUT2D eigenvalue weighted by molar-refractivity contribution is 6.04. The van der Waals surface area contributed by atoms with Gasteiger partial charge >= 0.3 is 0 Å². The normalized spacial score (nSPS) is 13.3. The topological polar surface area (TPSA) is 68.3 Å². The van der Waals surface area contributed by atoms with Crippen molar-refractivity contribution in [3.63, 3.8) is 0 Å². The van der Waals surface area contributed by atoms with Gasteiger partial charge in [-0.3, -0.25) is 4.79 Å². The number of benzene rings is 1. The third kappa shape index (κ3) is 2.39. The predicted octanol–water partition coefficient (Wildman–Crippen LogP) is 2.48. The van der Waals surface area contributed by atoms with Crippen LogP contribution in [0.3, 0.4) is 0 Å². The summed E-state index contributed by atoms with van der Waals surface area (Å²) in [6, 6.07) is 7.78. The fourth-order valence-corrected chi connectivity index (χ4v) is 2.46. The van der Waals surface area contributed by atoms with E-state index in [0.717, 1.165) is 18.5 Å². The molecule has 3 rings (SSSR count). The monoisotopic (exact) mass is 256 g/mol. The predicted molar refractivity (Wildman–Crippen MR) is 73.0 cm³/mol. The van der Waals surface area contributed by atoms with Gasteiger partial charge in [0.15, 0.2) is 0 Å². The third-order valence-corrected chi connectivity index (χ3v) is 3.47. The van der Waals surface area contributed by atoms with Gasteiger partial charge in [-0.15, -0.1) is 0 Å². The molecule has 1 aromatic heterocycles. The molecular weight excluding hydrogens is 240 g/mol. The first-order valence-electron chi connectivity index (χ1n) is 6.47. The number of furan rings is 1. The number of carbonyl (C=O) groups is 1. The number of hydrogen-bond donors (Lipinski definition) is 2. The molecule has 0 radical (unpaired) electrons. The molecule has 0 unspecified atom stereocenters. The summed E-state index contributed by atoms with van der Waals surface area (Å²) in [5.74, 6) is 0.445. The van der Waals surface area contributed by atoms with E-state index in [9.17, 15) is 4.79 Å². The number of rotatable bonds is 3. The van der Waals surface area contributed by atoms with Crippen molar-refractivity contribution in [3.05, 3.63) is 53.0 Å². The van der Waals surface area contributed by atoms with Gasteiger partial charge in [0.25, 0.3) is 5.91 Å². The van der Waals surface area contributed by atoms with Crippen LogP contribution >= 0.6 is 0 Å². The minimum absolute atomic E-state index is 0.165. The molecule has 1 aliphatic rings. The smallest absolute Gasteiger partial charge is 0.258 e. The molecule has 0 saturated carbocycles. The Morgan fingerprint density at radius 1 is 1.26 bits per heavy atom. The summed E-state index contributed by atoms with van der Waals surface area (Å²) in [5, 5.41) is 2.89. The summed E-state index contributed by atoms with van der Waals surface area (Å²) in [6.07, 6.45) is 4.88. The van der Waals surface area contributed by atoms with E-state index in [1.54, 1.807) is 6.07 Å². The molecule has 0 spiro atoms. The molecule has 4 nitrogen and oxygen atoms in total. The van der Waals surface area contributed by atoms with Crippen molar-refractivity contribution < 1.29 is 9.21 Å². The second-order valence-electron chi connectivity index (χ2n) is 4.80. The molecule has 4 heteroatoms. The molecular formula is C15H16N2O2. The van der Waals surface area contributed by atoms with Crippen LogP contribution in [0.1, 0.15) is 33.7 Å². The second-order valence-corrected chi connectivity index (χ2v) is 4.80. The molecule has 0 bridgehead atoms. The quantitative estimate of drug-likeness (QED) is 0.886. The highest BCUT2D eigenvalue weighted by Crippen LogP contribution is 2.25. The zero-order valence-electron chi connectivity index (χ0n) is 10.6. The van der Waals surface area contributed by atoms with E-state index in [1.807, 2.05) is 6.07 Å². The van der Waals surface area contributed by atoms with Crippen LogP contribution in [0.4, 0.5) is 5.69 Å². The minimum Gasteiger partial charge on any atom is -0.467 e. The molecule has 0 atom stereocenters. The van der Waals surface area contributed by atoms with Gasteiger partial charge < -0.3 is 15.5 Å². The molecule has 19 heavy (non-hydrogen) atoms. The van der Waals surface area contributed by atoms with Gasteiger partial charge in [-0.1, -0.05) is 6.07 Å². The lowest BCUT2D eigenvalue weighted by molar-refractivity contribution is 0.102. The Labute approximate surface area is 111 Å². The average Bonchev–Trinajstić information content (AvgIpc) is 3.06. The summed E-state index contributed by atoms with van der Waals surface area (Å²) >= 11 is 0. The number of nitrogens with one attached hydrogen (secondary N) is 1. The Morgan fingerprint density at radius 2 is 2.11 bits per heavy atom. The SMILES string of the molecule is NCc1cc(C(=O)Nc2ccc3c(c2)CCC3)co1. The highest BCUT2D eigenvalue weighted by atomic mass is 16.3. The molecule has 1 heterocycles. The molecule has 3 N–H and O–H groups in total. The number of anilines is 1. The number of amides is 1. The summed E-state index contributed by atoms with van der Waals surface area (Å²) < 4.78 is 5.16. The van der Waals surface area contributed by atoms with Gasteiger partial charge in [0.1, 0.15) is 12.0 Å². The van der Waals surface area contributed by atoms with Crippen LogP contribution in [-0.4, -0.2) is 5.91 Å².